The molecule has 0 saturated heterocycles. The summed E-state index contributed by atoms with van der Waals surface area (Å²) in [5.41, 5.74) is 0.133. The quantitative estimate of drug-likeness (QED) is 0.764. The standard InChI is InChI=1S/C14H19N3O3/c1-10(11-4-2-7-15-8-11)17-13(20)16-9-14(12(18)19)5-3-6-14/h2,4,7-8,10H,3,5-6,9H2,1H3,(H,18,19)(H2,16,17,20). The average molecular weight is 277 g/mol. The zero-order valence-corrected chi connectivity index (χ0v) is 11.4. The number of aliphatic carboxylic acids is 1. The number of amides is 2. The number of pyridine rings is 1. The van der Waals surface area contributed by atoms with Crippen LogP contribution in [0.3, 0.4) is 0 Å². The van der Waals surface area contributed by atoms with E-state index >= 15 is 0 Å². The van der Waals surface area contributed by atoms with Gasteiger partial charge in [0.05, 0.1) is 11.5 Å². The summed E-state index contributed by atoms with van der Waals surface area (Å²) in [6.07, 6.45) is 5.52. The number of rotatable bonds is 5. The maximum absolute atomic E-state index is 11.8. The van der Waals surface area contributed by atoms with Crippen molar-refractivity contribution in [2.24, 2.45) is 5.41 Å². The number of hydrogen-bond acceptors (Lipinski definition) is 3. The van der Waals surface area contributed by atoms with Gasteiger partial charge < -0.3 is 15.7 Å². The van der Waals surface area contributed by atoms with Crippen LogP contribution in [0.15, 0.2) is 24.5 Å². The van der Waals surface area contributed by atoms with E-state index in [0.29, 0.717) is 12.8 Å². The second-order valence-corrected chi connectivity index (χ2v) is 5.27. The van der Waals surface area contributed by atoms with Crippen LogP contribution in [0.4, 0.5) is 4.79 Å². The van der Waals surface area contributed by atoms with Crippen LogP contribution in [0.25, 0.3) is 0 Å². The van der Waals surface area contributed by atoms with Crippen LogP contribution >= 0.6 is 0 Å². The van der Waals surface area contributed by atoms with Crippen molar-refractivity contribution in [2.75, 3.05) is 6.54 Å². The number of aromatic nitrogens is 1. The molecule has 1 heterocycles. The van der Waals surface area contributed by atoms with Crippen molar-refractivity contribution in [1.29, 1.82) is 0 Å². The van der Waals surface area contributed by atoms with E-state index in [0.717, 1.165) is 12.0 Å². The zero-order valence-electron chi connectivity index (χ0n) is 11.4. The lowest BCUT2D eigenvalue weighted by molar-refractivity contribution is -0.153. The Morgan fingerprint density at radius 1 is 1.50 bits per heavy atom. The molecule has 0 bridgehead atoms. The maximum Gasteiger partial charge on any atom is 0.315 e. The molecule has 108 valence electrons. The molecule has 1 aliphatic rings. The maximum atomic E-state index is 11.8. The molecular weight excluding hydrogens is 258 g/mol. The van der Waals surface area contributed by atoms with Crippen LogP contribution in [-0.4, -0.2) is 28.6 Å². The zero-order chi connectivity index (χ0) is 14.6. The fourth-order valence-electron chi connectivity index (χ4n) is 2.28. The number of carboxylic acid groups (broad SMARTS) is 1. The predicted octanol–water partition coefficient (Wildman–Crippen LogP) is 1.70. The van der Waals surface area contributed by atoms with E-state index in [-0.39, 0.29) is 18.6 Å². The summed E-state index contributed by atoms with van der Waals surface area (Å²) in [5.74, 6) is -0.829. The molecule has 1 aliphatic carbocycles. The van der Waals surface area contributed by atoms with Crippen molar-refractivity contribution in [3.05, 3.63) is 30.1 Å². The summed E-state index contributed by atoms with van der Waals surface area (Å²) in [7, 11) is 0. The van der Waals surface area contributed by atoms with Crippen LogP contribution in [0.5, 0.6) is 0 Å². The molecule has 6 heteroatoms. The summed E-state index contributed by atoms with van der Waals surface area (Å²) in [4.78, 5) is 27.0. The van der Waals surface area contributed by atoms with Crippen LogP contribution in [0.1, 0.15) is 37.8 Å². The molecule has 0 aliphatic heterocycles. The van der Waals surface area contributed by atoms with Gasteiger partial charge in [0.15, 0.2) is 0 Å². The Hall–Kier alpha value is -2.11. The fraction of sp³-hybridized carbons (Fsp3) is 0.500. The van der Waals surface area contributed by atoms with Gasteiger partial charge in [0.25, 0.3) is 0 Å². The van der Waals surface area contributed by atoms with Crippen molar-refractivity contribution in [3.8, 4) is 0 Å². The molecule has 6 nitrogen and oxygen atoms in total. The van der Waals surface area contributed by atoms with Gasteiger partial charge in [-0.3, -0.25) is 9.78 Å². The SMILES string of the molecule is CC(NC(=O)NCC1(C(=O)O)CCC1)c1cccnc1. The van der Waals surface area contributed by atoms with Crippen molar-refractivity contribution >= 4 is 12.0 Å². The highest BCUT2D eigenvalue weighted by molar-refractivity contribution is 5.79. The number of carboxylic acids is 1. The van der Waals surface area contributed by atoms with Crippen LogP contribution in [-0.2, 0) is 4.79 Å². The van der Waals surface area contributed by atoms with Gasteiger partial charge in [-0.2, -0.15) is 0 Å². The number of nitrogens with one attached hydrogen (secondary N) is 2. The van der Waals surface area contributed by atoms with E-state index < -0.39 is 11.4 Å². The molecule has 1 saturated carbocycles. The molecule has 0 spiro atoms. The normalized spacial score (nSPS) is 17.6. The highest BCUT2D eigenvalue weighted by Crippen LogP contribution is 2.40. The molecule has 1 atom stereocenters. The van der Waals surface area contributed by atoms with Gasteiger partial charge in [0.1, 0.15) is 0 Å². The molecule has 1 fully saturated rings. The van der Waals surface area contributed by atoms with E-state index in [1.54, 1.807) is 18.5 Å². The van der Waals surface area contributed by atoms with Gasteiger partial charge in [-0.25, -0.2) is 4.79 Å². The lowest BCUT2D eigenvalue weighted by atomic mass is 9.69. The van der Waals surface area contributed by atoms with Gasteiger partial charge >= 0.3 is 12.0 Å². The molecule has 3 N–H and O–H groups in total. The summed E-state index contributed by atoms with van der Waals surface area (Å²) in [6.45, 7) is 2.03. The lowest BCUT2D eigenvalue weighted by Crippen LogP contribution is -2.50. The molecule has 20 heavy (non-hydrogen) atoms. The van der Waals surface area contributed by atoms with Crippen molar-refractivity contribution < 1.29 is 14.7 Å². The first-order valence-electron chi connectivity index (χ1n) is 6.71. The molecule has 1 aromatic heterocycles. The van der Waals surface area contributed by atoms with Gasteiger partial charge in [0, 0.05) is 18.9 Å². The third-order valence-electron chi connectivity index (χ3n) is 3.88. The van der Waals surface area contributed by atoms with E-state index in [4.69, 9.17) is 0 Å². The second kappa shape index (κ2) is 5.90. The van der Waals surface area contributed by atoms with Gasteiger partial charge in [0.2, 0.25) is 0 Å². The minimum absolute atomic E-state index is 0.175. The second-order valence-electron chi connectivity index (χ2n) is 5.27. The predicted molar refractivity (Wildman–Crippen MR) is 73.1 cm³/mol. The molecular formula is C14H19N3O3. The Bertz CT molecular complexity index is 486. The van der Waals surface area contributed by atoms with Crippen molar-refractivity contribution in [3.63, 3.8) is 0 Å². The van der Waals surface area contributed by atoms with Crippen LogP contribution in [0, 0.1) is 5.41 Å². The first-order chi connectivity index (χ1) is 9.53. The number of carbonyl (C=O) groups excluding carboxylic acids is 1. The largest absolute Gasteiger partial charge is 0.481 e. The molecule has 1 unspecified atom stereocenters. The molecule has 2 rings (SSSR count). The molecule has 2 amide bonds. The monoisotopic (exact) mass is 277 g/mol. The Morgan fingerprint density at radius 3 is 2.75 bits per heavy atom. The highest BCUT2D eigenvalue weighted by atomic mass is 16.4. The van der Waals surface area contributed by atoms with Gasteiger partial charge in [-0.1, -0.05) is 12.5 Å². The van der Waals surface area contributed by atoms with Crippen LogP contribution in [0.2, 0.25) is 0 Å². The molecule has 1 aromatic rings. The summed E-state index contributed by atoms with van der Waals surface area (Å²) < 4.78 is 0. The smallest absolute Gasteiger partial charge is 0.315 e. The topological polar surface area (TPSA) is 91.3 Å². The summed E-state index contributed by atoms with van der Waals surface area (Å²) in [5, 5.41) is 14.6. The summed E-state index contributed by atoms with van der Waals surface area (Å²) >= 11 is 0. The Labute approximate surface area is 117 Å². The van der Waals surface area contributed by atoms with Crippen molar-refractivity contribution in [2.45, 2.75) is 32.2 Å². The first kappa shape index (κ1) is 14.3. The number of urea groups is 1. The van der Waals surface area contributed by atoms with Gasteiger partial charge in [-0.05, 0) is 31.4 Å². The van der Waals surface area contributed by atoms with Crippen LogP contribution < -0.4 is 10.6 Å². The average Bonchev–Trinajstić information content (AvgIpc) is 2.38. The molecule has 0 radical (unpaired) electrons. The lowest BCUT2D eigenvalue weighted by Gasteiger charge is -2.37. The van der Waals surface area contributed by atoms with E-state index in [1.807, 2.05) is 13.0 Å². The molecule has 0 aromatic carbocycles. The number of hydrogen-bond donors (Lipinski definition) is 3. The number of carbonyl (C=O) groups is 2. The highest BCUT2D eigenvalue weighted by Gasteiger charge is 2.44. The minimum Gasteiger partial charge on any atom is -0.481 e. The minimum atomic E-state index is -0.829. The first-order valence-corrected chi connectivity index (χ1v) is 6.71. The number of nitrogens with zero attached hydrogens (tertiary/aromatic N) is 1. The van der Waals surface area contributed by atoms with E-state index in [1.165, 1.54) is 0 Å². The van der Waals surface area contributed by atoms with E-state index in [9.17, 15) is 14.7 Å². The van der Waals surface area contributed by atoms with E-state index in [2.05, 4.69) is 15.6 Å². The van der Waals surface area contributed by atoms with Gasteiger partial charge in [-0.15, -0.1) is 0 Å². The Balaban J connectivity index is 1.82. The third kappa shape index (κ3) is 3.07. The van der Waals surface area contributed by atoms with Crippen molar-refractivity contribution in [1.82, 2.24) is 15.6 Å². The Kier molecular flexibility index (Phi) is 4.22. The fourth-order valence-corrected chi connectivity index (χ4v) is 2.28. The third-order valence-corrected chi connectivity index (χ3v) is 3.88. The summed E-state index contributed by atoms with van der Waals surface area (Å²) in [6, 6.07) is 3.15. The Morgan fingerprint density at radius 2 is 2.25 bits per heavy atom.